The fourth-order valence-corrected chi connectivity index (χ4v) is 7.56. The van der Waals surface area contributed by atoms with Crippen LogP contribution in [0.1, 0.15) is 6.92 Å². The van der Waals surface area contributed by atoms with Crippen molar-refractivity contribution < 1.29 is 9.47 Å². The smallest absolute Gasteiger partial charge is 0.114 e. The molecule has 0 aliphatic heterocycles. The average molecular weight is 379 g/mol. The van der Waals surface area contributed by atoms with E-state index >= 15 is 0 Å². The van der Waals surface area contributed by atoms with Crippen LogP contribution >= 0.6 is 7.26 Å². The Morgan fingerprint density at radius 1 is 0.556 bits per heavy atom. The summed E-state index contributed by atoms with van der Waals surface area (Å²) in [5.41, 5.74) is 0. The maximum atomic E-state index is 5.96. The van der Waals surface area contributed by atoms with Crippen molar-refractivity contribution in [3.8, 4) is 0 Å². The third-order valence-corrected chi connectivity index (χ3v) is 9.13. The van der Waals surface area contributed by atoms with E-state index < -0.39 is 7.26 Å². The molecule has 3 aromatic carbocycles. The Kier molecular flexibility index (Phi) is 7.59. The number of rotatable bonds is 10. The maximum absolute atomic E-state index is 5.96. The van der Waals surface area contributed by atoms with E-state index in [1.54, 1.807) is 0 Å². The van der Waals surface area contributed by atoms with Gasteiger partial charge in [0, 0.05) is 6.61 Å². The lowest BCUT2D eigenvalue weighted by Gasteiger charge is -2.27. The van der Waals surface area contributed by atoms with Crippen LogP contribution in [0.15, 0.2) is 91.0 Å². The minimum Gasteiger partial charge on any atom is -0.379 e. The molecule has 3 heteroatoms. The average Bonchev–Trinajstić information content (AvgIpc) is 2.75. The van der Waals surface area contributed by atoms with E-state index in [0.29, 0.717) is 13.2 Å². The lowest BCUT2D eigenvalue weighted by Crippen LogP contribution is -2.34. The van der Waals surface area contributed by atoms with Gasteiger partial charge >= 0.3 is 0 Å². The van der Waals surface area contributed by atoms with Crippen molar-refractivity contribution in [2.24, 2.45) is 0 Å². The molecule has 0 bridgehead atoms. The molecule has 0 N–H and O–H groups in total. The van der Waals surface area contributed by atoms with E-state index in [-0.39, 0.29) is 0 Å². The van der Waals surface area contributed by atoms with Crippen LogP contribution in [0, 0.1) is 0 Å². The summed E-state index contributed by atoms with van der Waals surface area (Å²) in [7, 11) is -1.77. The zero-order valence-corrected chi connectivity index (χ0v) is 16.9. The molecule has 0 atom stereocenters. The minimum atomic E-state index is -1.77. The number of hydrogen-bond donors (Lipinski definition) is 0. The van der Waals surface area contributed by atoms with Gasteiger partial charge < -0.3 is 9.47 Å². The zero-order chi connectivity index (χ0) is 18.8. The van der Waals surface area contributed by atoms with E-state index in [2.05, 4.69) is 91.0 Å². The third-order valence-electron chi connectivity index (χ3n) is 4.74. The summed E-state index contributed by atoms with van der Waals surface area (Å²) < 4.78 is 11.4. The van der Waals surface area contributed by atoms with E-state index in [0.717, 1.165) is 19.4 Å². The first-order valence-electron chi connectivity index (χ1n) is 9.58. The minimum absolute atomic E-state index is 0.645. The molecular formula is C24H28O2P+. The van der Waals surface area contributed by atoms with Crippen molar-refractivity contribution in [1.82, 2.24) is 0 Å². The first-order chi connectivity index (χ1) is 13.4. The van der Waals surface area contributed by atoms with Gasteiger partial charge in [0.25, 0.3) is 0 Å². The van der Waals surface area contributed by atoms with Crippen LogP contribution in [0.4, 0.5) is 0 Å². The van der Waals surface area contributed by atoms with Crippen molar-refractivity contribution in [3.63, 3.8) is 0 Å². The quantitative estimate of drug-likeness (QED) is 0.391. The Bertz CT molecular complexity index is 679. The van der Waals surface area contributed by atoms with Gasteiger partial charge in [-0.25, -0.2) is 0 Å². The van der Waals surface area contributed by atoms with Crippen LogP contribution in [-0.4, -0.2) is 32.6 Å². The van der Waals surface area contributed by atoms with E-state index in [1.807, 2.05) is 6.92 Å². The van der Waals surface area contributed by atoms with Gasteiger partial charge in [-0.3, -0.25) is 0 Å². The molecule has 0 saturated carbocycles. The second kappa shape index (κ2) is 10.4. The van der Waals surface area contributed by atoms with Crippen molar-refractivity contribution in [2.45, 2.75) is 6.92 Å². The monoisotopic (exact) mass is 379 g/mol. The fourth-order valence-electron chi connectivity index (χ4n) is 3.45. The molecule has 0 fully saturated rings. The second-order valence-corrected chi connectivity index (χ2v) is 9.97. The molecule has 3 aromatic rings. The summed E-state index contributed by atoms with van der Waals surface area (Å²) in [5, 5.41) is 4.20. The lowest BCUT2D eigenvalue weighted by atomic mass is 10.4. The molecule has 0 radical (unpaired) electrons. The van der Waals surface area contributed by atoms with Gasteiger partial charge in [0.15, 0.2) is 0 Å². The highest BCUT2D eigenvalue weighted by atomic mass is 31.2. The van der Waals surface area contributed by atoms with Gasteiger partial charge in [0.2, 0.25) is 0 Å². The van der Waals surface area contributed by atoms with Gasteiger partial charge in [-0.1, -0.05) is 54.6 Å². The SMILES string of the molecule is CCOCCOCC[P+](c1ccccc1)(c1ccccc1)c1ccccc1. The third kappa shape index (κ3) is 4.84. The Morgan fingerprint density at radius 3 is 1.37 bits per heavy atom. The molecule has 27 heavy (non-hydrogen) atoms. The Labute approximate surface area is 163 Å². The normalized spacial score (nSPS) is 11.4. The highest BCUT2D eigenvalue weighted by Gasteiger charge is 2.44. The number of benzene rings is 3. The predicted molar refractivity (Wildman–Crippen MR) is 117 cm³/mol. The summed E-state index contributed by atoms with van der Waals surface area (Å²) in [6.07, 6.45) is 0.983. The highest BCUT2D eigenvalue weighted by Crippen LogP contribution is 2.54. The maximum Gasteiger partial charge on any atom is 0.114 e. The van der Waals surface area contributed by atoms with Crippen molar-refractivity contribution >= 4 is 23.2 Å². The molecule has 0 heterocycles. The van der Waals surface area contributed by atoms with E-state index in [9.17, 15) is 0 Å². The van der Waals surface area contributed by atoms with Crippen molar-refractivity contribution in [3.05, 3.63) is 91.0 Å². The van der Waals surface area contributed by atoms with Crippen LogP contribution in [0.2, 0.25) is 0 Å². The largest absolute Gasteiger partial charge is 0.379 e. The summed E-state index contributed by atoms with van der Waals surface area (Å²) >= 11 is 0. The molecule has 0 saturated heterocycles. The highest BCUT2D eigenvalue weighted by molar-refractivity contribution is 7.95. The van der Waals surface area contributed by atoms with E-state index in [1.165, 1.54) is 15.9 Å². The number of hydrogen-bond acceptors (Lipinski definition) is 2. The molecular weight excluding hydrogens is 351 g/mol. The summed E-state index contributed by atoms with van der Waals surface area (Å²) in [6, 6.07) is 32.8. The van der Waals surface area contributed by atoms with Crippen LogP contribution < -0.4 is 15.9 Å². The Morgan fingerprint density at radius 2 is 0.963 bits per heavy atom. The van der Waals surface area contributed by atoms with Gasteiger partial charge in [0.1, 0.15) is 23.2 Å². The van der Waals surface area contributed by atoms with Gasteiger partial charge in [-0.05, 0) is 43.3 Å². The standard InChI is InChI=1S/C24H28O2P/c1-2-25-18-19-26-20-21-27(22-12-6-3-7-13-22,23-14-8-4-9-15-23)24-16-10-5-11-17-24/h3-17H,2,18-21H2,1H3/q+1. The molecule has 0 aliphatic carbocycles. The molecule has 0 aromatic heterocycles. The fraction of sp³-hybridized carbons (Fsp3) is 0.250. The Balaban J connectivity index is 1.98. The zero-order valence-electron chi connectivity index (χ0n) is 16.0. The Hall–Kier alpha value is -1.99. The molecule has 0 unspecified atom stereocenters. The molecule has 0 amide bonds. The number of ether oxygens (including phenoxy) is 2. The van der Waals surface area contributed by atoms with Crippen LogP contribution in [0.3, 0.4) is 0 Å². The lowest BCUT2D eigenvalue weighted by molar-refractivity contribution is 0.0592. The van der Waals surface area contributed by atoms with Crippen molar-refractivity contribution in [1.29, 1.82) is 0 Å². The molecule has 3 rings (SSSR count). The van der Waals surface area contributed by atoms with Gasteiger partial charge in [-0.15, -0.1) is 0 Å². The van der Waals surface area contributed by atoms with Crippen LogP contribution in [-0.2, 0) is 9.47 Å². The first-order valence-corrected chi connectivity index (χ1v) is 11.6. The van der Waals surface area contributed by atoms with Crippen LogP contribution in [0.25, 0.3) is 0 Å². The van der Waals surface area contributed by atoms with Gasteiger partial charge in [-0.2, -0.15) is 0 Å². The summed E-state index contributed by atoms with van der Waals surface area (Å²) in [5.74, 6) is 0. The van der Waals surface area contributed by atoms with Crippen molar-refractivity contribution in [2.75, 3.05) is 32.6 Å². The topological polar surface area (TPSA) is 18.5 Å². The van der Waals surface area contributed by atoms with Gasteiger partial charge in [0.05, 0.1) is 26.0 Å². The second-order valence-electron chi connectivity index (χ2n) is 6.35. The molecule has 2 nitrogen and oxygen atoms in total. The summed E-state index contributed by atoms with van der Waals surface area (Å²) in [4.78, 5) is 0. The summed E-state index contributed by atoms with van der Waals surface area (Å²) in [6.45, 7) is 4.77. The van der Waals surface area contributed by atoms with Crippen LogP contribution in [0.5, 0.6) is 0 Å². The molecule has 140 valence electrons. The molecule has 0 aliphatic rings. The van der Waals surface area contributed by atoms with E-state index in [4.69, 9.17) is 9.47 Å². The predicted octanol–water partition coefficient (Wildman–Crippen LogP) is 4.03. The first kappa shape index (κ1) is 19.8. The molecule has 0 spiro atoms.